The second-order valence-corrected chi connectivity index (χ2v) is 7.19. The van der Waals surface area contributed by atoms with Crippen molar-refractivity contribution in [1.29, 1.82) is 0 Å². The fraction of sp³-hybridized carbons (Fsp3) is 0.211. The zero-order valence-electron chi connectivity index (χ0n) is 15.3. The molecule has 0 atom stereocenters. The van der Waals surface area contributed by atoms with Crippen molar-refractivity contribution in [3.8, 4) is 0 Å². The number of hydrogen-bond donors (Lipinski definition) is 4. The van der Waals surface area contributed by atoms with Crippen LogP contribution in [0.15, 0.2) is 16.9 Å². The number of benzene rings is 1. The highest BCUT2D eigenvalue weighted by Crippen LogP contribution is 2.32. The number of imidazole rings is 1. The lowest BCUT2D eigenvalue weighted by molar-refractivity contribution is 0.0677. The molecule has 0 saturated heterocycles. The third-order valence-corrected chi connectivity index (χ3v) is 4.77. The summed E-state index contributed by atoms with van der Waals surface area (Å²) in [5.41, 5.74) is -1.60. The summed E-state index contributed by atoms with van der Waals surface area (Å²) in [5.74, 6) is -3.69. The maximum atomic E-state index is 13.0. The van der Waals surface area contributed by atoms with E-state index < -0.39 is 23.3 Å². The normalized spacial score (nSPS) is 11.8. The van der Waals surface area contributed by atoms with Crippen molar-refractivity contribution in [2.45, 2.75) is 20.3 Å². The molecule has 0 radical (unpaired) electrons. The van der Waals surface area contributed by atoms with Crippen LogP contribution in [0.2, 0.25) is 0 Å². The van der Waals surface area contributed by atoms with E-state index in [1.165, 1.54) is 4.40 Å². The van der Waals surface area contributed by atoms with E-state index in [-0.39, 0.29) is 50.2 Å². The largest absolute Gasteiger partial charge is 0.478 e. The Morgan fingerprint density at radius 2 is 1.79 bits per heavy atom. The molecule has 0 fully saturated rings. The van der Waals surface area contributed by atoms with E-state index in [0.29, 0.717) is 12.2 Å². The predicted octanol–water partition coefficient (Wildman–Crippen LogP) is 2.06. The zero-order chi connectivity index (χ0) is 21.2. The Balaban J connectivity index is 2.35. The number of hydrogen-bond acceptors (Lipinski definition) is 5. The fourth-order valence-electron chi connectivity index (χ4n) is 3.67. The summed E-state index contributed by atoms with van der Waals surface area (Å²) in [6.45, 7) is 3.80. The topological polar surface area (TPSA) is 162 Å². The SMILES string of the molecule is CC(C)Cc1nc2c(=O)c3cc(C(=O)O)[nH]c3c3c(C(=O)O)cc(C(=O)O)n1c23. The maximum Gasteiger partial charge on any atom is 0.352 e. The van der Waals surface area contributed by atoms with E-state index in [4.69, 9.17) is 0 Å². The average Bonchev–Trinajstić information content (AvgIpc) is 3.22. The van der Waals surface area contributed by atoms with Crippen LogP contribution in [-0.4, -0.2) is 47.6 Å². The quantitative estimate of drug-likeness (QED) is 0.398. The van der Waals surface area contributed by atoms with Crippen LogP contribution in [0.5, 0.6) is 0 Å². The number of nitrogens with zero attached hydrogens (tertiary/aromatic N) is 2. The summed E-state index contributed by atoms with van der Waals surface area (Å²) in [6.07, 6.45) is 0.356. The van der Waals surface area contributed by atoms with Crippen LogP contribution < -0.4 is 5.43 Å². The summed E-state index contributed by atoms with van der Waals surface area (Å²) in [4.78, 5) is 55.1. The number of carboxylic acids is 3. The first kappa shape index (κ1) is 18.4. The van der Waals surface area contributed by atoms with Gasteiger partial charge in [0, 0.05) is 11.8 Å². The summed E-state index contributed by atoms with van der Waals surface area (Å²) in [5, 5.41) is 28.7. The second kappa shape index (κ2) is 6.03. The molecule has 0 amide bonds. The number of fused-ring (bicyclic) bond motifs is 2. The molecule has 4 rings (SSSR count). The van der Waals surface area contributed by atoms with Crippen LogP contribution in [0.4, 0.5) is 0 Å². The minimum Gasteiger partial charge on any atom is -0.478 e. The van der Waals surface area contributed by atoms with Gasteiger partial charge in [0.2, 0.25) is 5.43 Å². The van der Waals surface area contributed by atoms with Gasteiger partial charge in [-0.2, -0.15) is 0 Å². The average molecular weight is 397 g/mol. The lowest BCUT2D eigenvalue weighted by Gasteiger charge is -2.11. The summed E-state index contributed by atoms with van der Waals surface area (Å²) < 4.78 is 1.28. The van der Waals surface area contributed by atoms with Gasteiger partial charge in [-0.1, -0.05) is 13.8 Å². The molecule has 0 aliphatic heterocycles. The molecule has 0 aliphatic carbocycles. The zero-order valence-corrected chi connectivity index (χ0v) is 15.3. The number of H-pyrrole nitrogens is 1. The molecule has 4 N–H and O–H groups in total. The Morgan fingerprint density at radius 1 is 1.10 bits per heavy atom. The Morgan fingerprint density at radius 3 is 2.34 bits per heavy atom. The number of pyridine rings is 1. The van der Waals surface area contributed by atoms with Crippen LogP contribution in [-0.2, 0) is 6.42 Å². The summed E-state index contributed by atoms with van der Waals surface area (Å²) in [6, 6.07) is 2.14. The van der Waals surface area contributed by atoms with E-state index in [9.17, 15) is 34.5 Å². The van der Waals surface area contributed by atoms with Gasteiger partial charge in [0.05, 0.1) is 22.0 Å². The van der Waals surface area contributed by atoms with E-state index in [2.05, 4.69) is 9.97 Å². The third kappa shape index (κ3) is 2.53. The van der Waals surface area contributed by atoms with E-state index in [1.54, 1.807) is 0 Å². The highest BCUT2D eigenvalue weighted by molar-refractivity contribution is 6.20. The van der Waals surface area contributed by atoms with Gasteiger partial charge in [-0.05, 0) is 18.1 Å². The number of nitrogens with one attached hydrogen (secondary N) is 1. The van der Waals surface area contributed by atoms with Gasteiger partial charge in [-0.25, -0.2) is 19.4 Å². The van der Waals surface area contributed by atoms with E-state index in [1.807, 2.05) is 13.8 Å². The molecule has 1 aromatic carbocycles. The molecule has 0 saturated carbocycles. The second-order valence-electron chi connectivity index (χ2n) is 7.19. The Kier molecular flexibility index (Phi) is 3.83. The number of aromatic carboxylic acids is 3. The third-order valence-electron chi connectivity index (χ3n) is 4.77. The molecule has 10 nitrogen and oxygen atoms in total. The van der Waals surface area contributed by atoms with Gasteiger partial charge in [0.25, 0.3) is 0 Å². The molecule has 3 heterocycles. The van der Waals surface area contributed by atoms with E-state index in [0.717, 1.165) is 12.1 Å². The molecule has 0 bridgehead atoms. The molecule has 29 heavy (non-hydrogen) atoms. The highest BCUT2D eigenvalue weighted by Gasteiger charge is 2.28. The van der Waals surface area contributed by atoms with Crippen LogP contribution >= 0.6 is 0 Å². The lowest BCUT2D eigenvalue weighted by atomic mass is 10.0. The minimum atomic E-state index is -1.41. The van der Waals surface area contributed by atoms with Crippen LogP contribution in [0.3, 0.4) is 0 Å². The molecule has 0 unspecified atom stereocenters. The van der Waals surface area contributed by atoms with Crippen LogP contribution in [0.1, 0.15) is 51.0 Å². The smallest absolute Gasteiger partial charge is 0.352 e. The molecule has 0 spiro atoms. The van der Waals surface area contributed by atoms with Crippen molar-refractivity contribution in [2.24, 2.45) is 5.92 Å². The van der Waals surface area contributed by atoms with Gasteiger partial charge in [-0.15, -0.1) is 0 Å². The van der Waals surface area contributed by atoms with Gasteiger partial charge >= 0.3 is 17.9 Å². The van der Waals surface area contributed by atoms with Gasteiger partial charge in [0.15, 0.2) is 0 Å². The molecule has 0 aliphatic rings. The Labute approximate surface area is 161 Å². The molecule has 10 heteroatoms. The first-order chi connectivity index (χ1) is 13.6. The number of aromatic nitrogens is 3. The molecule has 4 aromatic rings. The van der Waals surface area contributed by atoms with Gasteiger partial charge < -0.3 is 20.3 Å². The summed E-state index contributed by atoms with van der Waals surface area (Å²) in [7, 11) is 0. The van der Waals surface area contributed by atoms with Crippen LogP contribution in [0, 0.1) is 5.92 Å². The van der Waals surface area contributed by atoms with Gasteiger partial charge in [-0.3, -0.25) is 9.20 Å². The van der Waals surface area contributed by atoms with Crippen molar-refractivity contribution in [2.75, 3.05) is 0 Å². The maximum absolute atomic E-state index is 13.0. The molecule has 148 valence electrons. The molecular weight excluding hydrogens is 382 g/mol. The molecule has 3 aromatic heterocycles. The summed E-state index contributed by atoms with van der Waals surface area (Å²) >= 11 is 0. The Bertz CT molecular complexity index is 1410. The standard InChI is InChI=1S/C19H15N3O7/c1-6(2)3-11-21-14-15-12(7(17(24)25)5-10(19(28)29)22(11)15)13-8(16(14)23)4-9(20-13)18(26)27/h4-6,20H,3H2,1-2H3,(H,24,25)(H,26,27)(H,28,29). The predicted molar refractivity (Wildman–Crippen MR) is 101 cm³/mol. The number of aromatic amines is 1. The highest BCUT2D eigenvalue weighted by atomic mass is 16.4. The van der Waals surface area contributed by atoms with Gasteiger partial charge in [0.1, 0.15) is 22.7 Å². The minimum absolute atomic E-state index is 0.0171. The number of carbonyl (C=O) groups is 3. The van der Waals surface area contributed by atoms with Crippen molar-refractivity contribution in [1.82, 2.24) is 14.4 Å². The first-order valence-corrected chi connectivity index (χ1v) is 8.68. The number of rotatable bonds is 5. The van der Waals surface area contributed by atoms with Crippen molar-refractivity contribution >= 4 is 45.2 Å². The van der Waals surface area contributed by atoms with E-state index >= 15 is 0 Å². The van der Waals surface area contributed by atoms with Crippen LogP contribution in [0.25, 0.3) is 27.3 Å². The monoisotopic (exact) mass is 397 g/mol. The first-order valence-electron chi connectivity index (χ1n) is 8.68. The Hall–Kier alpha value is -3.95. The van der Waals surface area contributed by atoms with Crippen molar-refractivity contribution in [3.05, 3.63) is 45.1 Å². The fourth-order valence-corrected chi connectivity index (χ4v) is 3.67. The lowest BCUT2D eigenvalue weighted by Crippen LogP contribution is -2.13. The van der Waals surface area contributed by atoms with Crippen molar-refractivity contribution < 1.29 is 29.7 Å². The number of carboxylic acid groups (broad SMARTS) is 3. The molecular formula is C19H15N3O7. The van der Waals surface area contributed by atoms with Crippen molar-refractivity contribution in [3.63, 3.8) is 0 Å².